The van der Waals surface area contributed by atoms with Crippen molar-refractivity contribution in [2.24, 2.45) is 8.73 Å². The van der Waals surface area contributed by atoms with Crippen LogP contribution >= 0.6 is 0 Å². The summed E-state index contributed by atoms with van der Waals surface area (Å²) < 4.78 is 95.6. The second-order valence-corrected chi connectivity index (χ2v) is 31.2. The minimum Gasteiger partial charge on any atom is -0.475 e. The van der Waals surface area contributed by atoms with Crippen molar-refractivity contribution in [3.05, 3.63) is 284 Å². The molecule has 4 atom stereocenters. The highest BCUT2D eigenvalue weighted by atomic mass is 32.2. The van der Waals surface area contributed by atoms with Gasteiger partial charge in [0.15, 0.2) is 19.8 Å². The van der Waals surface area contributed by atoms with E-state index in [1.165, 1.54) is 12.4 Å². The summed E-state index contributed by atoms with van der Waals surface area (Å²) in [6.07, 6.45) is 11.5. The third-order valence-corrected chi connectivity index (χ3v) is 24.7. The van der Waals surface area contributed by atoms with Crippen molar-refractivity contribution in [2.45, 2.75) is 123 Å². The summed E-state index contributed by atoms with van der Waals surface area (Å²) in [6.45, 7) is 1.73. The zero-order chi connectivity index (χ0) is 70.3. The lowest BCUT2D eigenvalue weighted by Gasteiger charge is -2.33. The first-order valence-electron chi connectivity index (χ1n) is 35.0. The zero-order valence-corrected chi connectivity index (χ0v) is 59.2. The summed E-state index contributed by atoms with van der Waals surface area (Å²) in [5.41, 5.74) is 9.26. The van der Waals surface area contributed by atoms with Crippen molar-refractivity contribution in [2.75, 3.05) is 52.0 Å². The van der Waals surface area contributed by atoms with E-state index in [2.05, 4.69) is 40.1 Å². The average Bonchev–Trinajstić information content (AvgIpc) is 1.12. The number of aromatic nitrogens is 4. The predicted molar refractivity (Wildman–Crippen MR) is 392 cm³/mol. The van der Waals surface area contributed by atoms with Crippen molar-refractivity contribution < 1.29 is 36.3 Å². The summed E-state index contributed by atoms with van der Waals surface area (Å²) in [5, 5.41) is 15.4. The van der Waals surface area contributed by atoms with Crippen molar-refractivity contribution in [3.63, 3.8) is 0 Å². The normalized spacial score (nSPS) is 17.5. The summed E-state index contributed by atoms with van der Waals surface area (Å²) in [6, 6.07) is 56.9. The minimum atomic E-state index is -3.89. The number of rotatable bonds is 16. The molecule has 0 saturated carbocycles. The molecule has 0 saturated heterocycles. The number of hydrogen-bond donors (Lipinski definition) is 4. The Balaban J connectivity index is 0.000000165. The maximum absolute atomic E-state index is 16.1. The highest BCUT2D eigenvalue weighted by Gasteiger charge is 2.44. The summed E-state index contributed by atoms with van der Waals surface area (Å²) in [4.78, 5) is 33.2. The van der Waals surface area contributed by atoms with Gasteiger partial charge in [-0.15, -0.1) is 0 Å². The smallest absolute Gasteiger partial charge is 0.331 e. The molecule has 10 aromatic rings. The number of urea groups is 2. The largest absolute Gasteiger partial charge is 0.475 e. The van der Waals surface area contributed by atoms with Crippen LogP contribution in [0.1, 0.15) is 104 Å². The van der Waals surface area contributed by atoms with Gasteiger partial charge >= 0.3 is 12.1 Å². The number of ether oxygens (including phenoxy) is 2. The predicted octanol–water partition coefficient (Wildman–Crippen LogP) is 13.8. The molecule has 2 unspecified atom stereocenters. The van der Waals surface area contributed by atoms with Gasteiger partial charge < -0.3 is 29.9 Å². The number of nitrogens with zero attached hydrogens (tertiary/aromatic N) is 8. The summed E-state index contributed by atoms with van der Waals surface area (Å²) >= 11 is 0. The molecule has 6 aliphatic rings. The molecule has 4 aliphatic carbocycles. The molecule has 22 heteroatoms. The molecule has 8 aromatic carbocycles. The van der Waals surface area contributed by atoms with Crippen LogP contribution in [0.15, 0.2) is 213 Å². The van der Waals surface area contributed by atoms with Crippen molar-refractivity contribution in [3.8, 4) is 11.8 Å². The maximum Gasteiger partial charge on any atom is 0.331 e. The average molecular weight is 1410 g/mol. The van der Waals surface area contributed by atoms with E-state index < -0.39 is 43.0 Å². The molecule has 16 rings (SSSR count). The molecule has 0 fully saturated rings. The van der Waals surface area contributed by atoms with E-state index >= 15 is 17.2 Å². The van der Waals surface area contributed by atoms with Crippen molar-refractivity contribution in [1.82, 2.24) is 38.8 Å². The SMILES string of the molecule is CN(C)[C@@H]1COc2c(S(=O)(=NC(c3ccccc3)(c3ccccc3)c3ccccc3)NC(=O)Nc3c4c(c(F)c5c3CCC5)CCC4)cnn2C1.CN(C)[C@@H]1COc2c(S(=O)(=NC(c3ccccc3)(c3ccccc3)c3ccccc3)NC(=O)Nc3c4c(c(F)c5c3CCC5)CCC4)cnn2C1. The van der Waals surface area contributed by atoms with Gasteiger partial charge in [-0.25, -0.2) is 45.6 Å². The van der Waals surface area contributed by atoms with E-state index in [-0.39, 0.29) is 33.5 Å². The van der Waals surface area contributed by atoms with Gasteiger partial charge in [-0.3, -0.25) is 0 Å². The Bertz CT molecular complexity index is 4480. The van der Waals surface area contributed by atoms with Crippen LogP contribution in [0.5, 0.6) is 11.8 Å². The Morgan fingerprint density at radius 2 is 0.686 bits per heavy atom. The molecule has 102 heavy (non-hydrogen) atoms. The lowest BCUT2D eigenvalue weighted by Crippen LogP contribution is -2.42. The minimum absolute atomic E-state index is 0.0502. The first-order valence-corrected chi connectivity index (χ1v) is 38.1. The number of carbonyl (C=O) groups excluding carboxylic acids is 2. The van der Waals surface area contributed by atoms with Gasteiger partial charge in [0.05, 0.1) is 37.6 Å². The maximum atomic E-state index is 16.1. The number of benzene rings is 8. The number of halogens is 2. The number of hydrogen-bond acceptors (Lipinski definition) is 12. The number of fused-ring (bicyclic) bond motifs is 6. The van der Waals surface area contributed by atoms with Crippen molar-refractivity contribution in [1.29, 1.82) is 0 Å². The van der Waals surface area contributed by atoms with Crippen LogP contribution in [-0.2, 0) is 95.4 Å². The fourth-order valence-corrected chi connectivity index (χ4v) is 19.5. The first kappa shape index (κ1) is 67.8. The summed E-state index contributed by atoms with van der Waals surface area (Å²) in [5.74, 6) is 0.346. The Hall–Kier alpha value is -10.0. The van der Waals surface area contributed by atoms with Gasteiger partial charge in [0.1, 0.15) is 45.7 Å². The molecule has 4 heterocycles. The van der Waals surface area contributed by atoms with E-state index in [9.17, 15) is 9.59 Å². The lowest BCUT2D eigenvalue weighted by molar-refractivity contribution is 0.117. The Kier molecular flexibility index (Phi) is 18.7. The molecule has 0 spiro atoms. The number of carbonyl (C=O) groups is 2. The number of anilines is 2. The van der Waals surface area contributed by atoms with E-state index in [0.29, 0.717) is 123 Å². The van der Waals surface area contributed by atoms with Crippen LogP contribution in [0.4, 0.5) is 29.7 Å². The van der Waals surface area contributed by atoms with E-state index in [1.54, 1.807) is 9.36 Å². The molecule has 524 valence electrons. The van der Waals surface area contributed by atoms with Crippen LogP contribution in [-0.4, -0.2) is 103 Å². The summed E-state index contributed by atoms with van der Waals surface area (Å²) in [7, 11) is 0.119. The molecule has 0 radical (unpaired) electrons. The van der Waals surface area contributed by atoms with Gasteiger partial charge in [0, 0.05) is 11.4 Å². The van der Waals surface area contributed by atoms with Gasteiger partial charge in [-0.2, -0.15) is 18.9 Å². The van der Waals surface area contributed by atoms with Gasteiger partial charge in [0.2, 0.25) is 11.8 Å². The highest BCUT2D eigenvalue weighted by molar-refractivity contribution is 7.92. The standard InChI is InChI=1S/2C40H41FN6O3S/c2*1-46(2)30-25-47-38(50-26-30)35(24-42-47)51(49,44-39(48)43-37-33-22-12-20-31(33)36(41)32-21-13-23-34(32)37)45-40(27-14-6-3-7-15-27,28-16-8-4-9-17-28)29-18-10-5-11-19-29/h2*3-11,14-19,24,30H,12-13,20-23,25-26H2,1-2H3,(H2,43,44,45,48,49)/t2*30-,51?/m00/s1. The molecule has 18 nitrogen and oxygen atoms in total. The fraction of sp³-hybridized carbons (Fsp3) is 0.300. The van der Waals surface area contributed by atoms with Crippen molar-refractivity contribution >= 4 is 43.3 Å². The first-order chi connectivity index (χ1) is 49.6. The van der Waals surface area contributed by atoms with E-state index in [1.807, 2.05) is 210 Å². The molecule has 4 amide bonds. The Morgan fingerprint density at radius 1 is 0.431 bits per heavy atom. The van der Waals surface area contributed by atoms with E-state index in [0.717, 1.165) is 81.3 Å². The lowest BCUT2D eigenvalue weighted by atomic mass is 9.78. The molecule has 2 aliphatic heterocycles. The monoisotopic (exact) mass is 1410 g/mol. The second kappa shape index (κ2) is 28.1. The van der Waals surface area contributed by atoms with Crippen LogP contribution in [0.2, 0.25) is 0 Å². The Labute approximate surface area is 594 Å². The molecular formula is C80H82F2N12O6S2. The number of likely N-dealkylation sites (N-methyl/N-ethyl adjacent to an activating group) is 2. The number of nitrogens with one attached hydrogen (secondary N) is 4. The quantitative estimate of drug-likeness (QED) is 0.0674. The van der Waals surface area contributed by atoms with Gasteiger partial charge in [-0.05, 0) is 183 Å². The number of amides is 4. The zero-order valence-electron chi connectivity index (χ0n) is 57.5. The molecular weight excluding hydrogens is 1330 g/mol. The second-order valence-electron chi connectivity index (χ2n) is 27.4. The fourth-order valence-electron chi connectivity index (χ4n) is 15.8. The van der Waals surface area contributed by atoms with E-state index in [4.69, 9.17) is 18.2 Å². The third-order valence-electron chi connectivity index (χ3n) is 20.9. The van der Waals surface area contributed by atoms with Gasteiger partial charge in [0.25, 0.3) is 0 Å². The van der Waals surface area contributed by atoms with Crippen LogP contribution in [0.25, 0.3) is 0 Å². The highest BCUT2D eigenvalue weighted by Crippen LogP contribution is 2.48. The molecule has 4 N–H and O–H groups in total. The van der Waals surface area contributed by atoms with Gasteiger partial charge in [-0.1, -0.05) is 182 Å². The van der Waals surface area contributed by atoms with Crippen LogP contribution in [0.3, 0.4) is 0 Å². The topological polar surface area (TPSA) is 202 Å². The molecule has 0 bridgehead atoms. The third kappa shape index (κ3) is 12.4. The van der Waals surface area contributed by atoms with Crippen LogP contribution in [0, 0.1) is 11.6 Å². The Morgan fingerprint density at radius 3 is 0.941 bits per heavy atom. The molecule has 2 aromatic heterocycles. The van der Waals surface area contributed by atoms with Crippen LogP contribution < -0.4 is 29.6 Å².